The van der Waals surface area contributed by atoms with Crippen LogP contribution >= 0.6 is 0 Å². The molecule has 0 amide bonds. The van der Waals surface area contributed by atoms with Gasteiger partial charge in [0.1, 0.15) is 18.9 Å². The maximum absolute atomic E-state index is 12.1. The third-order valence-electron chi connectivity index (χ3n) is 5.97. The van der Waals surface area contributed by atoms with Crippen LogP contribution in [-0.2, 0) is 18.7 Å². The lowest BCUT2D eigenvalue weighted by atomic mass is 10.00. The topological polar surface area (TPSA) is 158 Å². The second kappa shape index (κ2) is 7.74. The number of aromatic nitrogens is 4. The Bertz CT molecular complexity index is 1100. The van der Waals surface area contributed by atoms with E-state index in [2.05, 4.69) is 54.9 Å². The molecule has 1 saturated heterocycles. The molecule has 3 heterocycles. The minimum Gasteiger partial charge on any atom is -0.462 e. The van der Waals surface area contributed by atoms with Crippen LogP contribution in [0.3, 0.4) is 0 Å². The number of nitriles is 1. The fraction of sp³-hybridized carbons (Fsp3) is 0.632. The van der Waals surface area contributed by atoms with E-state index in [1.54, 1.807) is 4.57 Å². The number of rotatable bonds is 5. The summed E-state index contributed by atoms with van der Waals surface area (Å²) in [6.07, 6.45) is 0.309. The van der Waals surface area contributed by atoms with Gasteiger partial charge in [-0.2, -0.15) is 10.2 Å². The van der Waals surface area contributed by atoms with Gasteiger partial charge < -0.3 is 19.6 Å². The van der Waals surface area contributed by atoms with Crippen LogP contribution < -0.4 is 11.3 Å². The molecule has 0 saturated carbocycles. The third-order valence-corrected chi connectivity index (χ3v) is 10.5. The number of ether oxygens (including phenoxy) is 2. The van der Waals surface area contributed by atoms with Crippen molar-refractivity contribution >= 4 is 31.4 Å². The molecular weight excluding hydrogens is 420 g/mol. The number of anilines is 1. The van der Waals surface area contributed by atoms with Gasteiger partial charge in [0.25, 0.3) is 5.56 Å². The molecule has 0 aromatic carbocycles. The van der Waals surface area contributed by atoms with Crippen molar-refractivity contribution in [1.29, 1.82) is 5.26 Å². The normalized spacial score (nSPS) is 24.3. The zero-order valence-electron chi connectivity index (χ0n) is 18.6. The second-order valence-electron chi connectivity index (χ2n) is 9.23. The number of hydrogen-bond donors (Lipinski definition) is 2. The summed E-state index contributed by atoms with van der Waals surface area (Å²) in [5.41, 5.74) is 4.04. The second-order valence-corrected chi connectivity index (χ2v) is 14.0. The lowest BCUT2D eigenvalue weighted by Crippen LogP contribution is -2.52. The van der Waals surface area contributed by atoms with Crippen molar-refractivity contribution in [2.24, 2.45) is 0 Å². The number of nitrogens with one attached hydrogen (secondary N) is 1. The molecule has 31 heavy (non-hydrogen) atoms. The molecule has 2 aromatic rings. The quantitative estimate of drug-likeness (QED) is 0.514. The van der Waals surface area contributed by atoms with Crippen LogP contribution in [0.5, 0.6) is 0 Å². The summed E-state index contributed by atoms with van der Waals surface area (Å²) in [4.78, 5) is 34.3. The van der Waals surface area contributed by atoms with E-state index in [1.165, 1.54) is 13.3 Å². The molecule has 1 aliphatic rings. The number of carbonyl (C=O) groups is 1. The molecule has 2 aromatic heterocycles. The van der Waals surface area contributed by atoms with Crippen LogP contribution in [0.2, 0.25) is 18.1 Å². The first-order chi connectivity index (χ1) is 14.3. The van der Waals surface area contributed by atoms with Gasteiger partial charge in [-0.1, -0.05) is 20.8 Å². The molecule has 1 fully saturated rings. The van der Waals surface area contributed by atoms with Gasteiger partial charge in [0, 0.05) is 13.3 Å². The summed E-state index contributed by atoms with van der Waals surface area (Å²) < 4.78 is 19.4. The minimum absolute atomic E-state index is 0.0576. The Kier molecular flexibility index (Phi) is 5.72. The smallest absolute Gasteiger partial charge is 0.302 e. The minimum atomic E-state index is -2.30. The van der Waals surface area contributed by atoms with E-state index in [-0.39, 0.29) is 35.2 Å². The van der Waals surface area contributed by atoms with Crippen LogP contribution in [0.25, 0.3) is 11.2 Å². The maximum atomic E-state index is 12.1. The molecule has 0 spiro atoms. The summed E-state index contributed by atoms with van der Waals surface area (Å²) in [6, 6.07) is 2.17. The molecule has 1 aliphatic heterocycles. The molecule has 0 unspecified atom stereocenters. The number of nitrogens with zero attached hydrogens (tertiary/aromatic N) is 4. The number of H-pyrrole nitrogens is 1. The van der Waals surface area contributed by atoms with Crippen LogP contribution in [0, 0.1) is 11.3 Å². The van der Waals surface area contributed by atoms with E-state index in [1.807, 2.05) is 0 Å². The zero-order valence-corrected chi connectivity index (χ0v) is 19.6. The van der Waals surface area contributed by atoms with E-state index in [4.69, 9.17) is 19.6 Å². The van der Waals surface area contributed by atoms with E-state index in [0.717, 1.165) is 0 Å². The van der Waals surface area contributed by atoms with E-state index in [9.17, 15) is 14.9 Å². The van der Waals surface area contributed by atoms with Crippen LogP contribution in [0.4, 0.5) is 5.95 Å². The fourth-order valence-corrected chi connectivity index (χ4v) is 4.56. The Morgan fingerprint density at radius 1 is 1.52 bits per heavy atom. The lowest BCUT2D eigenvalue weighted by Gasteiger charge is -2.40. The Morgan fingerprint density at radius 2 is 2.19 bits per heavy atom. The molecule has 11 nitrogen and oxygen atoms in total. The zero-order chi connectivity index (χ0) is 23.2. The average Bonchev–Trinajstić information content (AvgIpc) is 3.21. The molecule has 0 aliphatic carbocycles. The predicted octanol–water partition coefficient (Wildman–Crippen LogP) is 1.84. The van der Waals surface area contributed by atoms with Gasteiger partial charge in [0.15, 0.2) is 19.5 Å². The monoisotopic (exact) mass is 448 g/mol. The maximum Gasteiger partial charge on any atom is 0.302 e. The largest absolute Gasteiger partial charge is 0.462 e. The van der Waals surface area contributed by atoms with Gasteiger partial charge in [-0.3, -0.25) is 19.1 Å². The number of imidazole rings is 1. The van der Waals surface area contributed by atoms with Gasteiger partial charge in [-0.25, -0.2) is 4.98 Å². The van der Waals surface area contributed by atoms with Gasteiger partial charge in [0.2, 0.25) is 11.5 Å². The Labute approximate surface area is 180 Å². The number of nitrogen functional groups attached to an aromatic ring is 1. The summed E-state index contributed by atoms with van der Waals surface area (Å²) in [5.74, 6) is -0.584. The lowest BCUT2D eigenvalue weighted by molar-refractivity contribution is -0.153. The van der Waals surface area contributed by atoms with Gasteiger partial charge in [0.05, 0.1) is 12.4 Å². The highest BCUT2D eigenvalue weighted by molar-refractivity contribution is 6.74. The first-order valence-corrected chi connectivity index (χ1v) is 12.8. The Balaban J connectivity index is 2.03. The van der Waals surface area contributed by atoms with Crippen LogP contribution in [-0.4, -0.2) is 52.1 Å². The average molecular weight is 449 g/mol. The van der Waals surface area contributed by atoms with Crippen LogP contribution in [0.1, 0.15) is 40.3 Å². The van der Waals surface area contributed by atoms with Crippen molar-refractivity contribution in [1.82, 2.24) is 19.5 Å². The number of aromatic amines is 1. The van der Waals surface area contributed by atoms with E-state index in [0.29, 0.717) is 0 Å². The number of nitrogens with two attached hydrogens (primary N) is 1. The summed E-state index contributed by atoms with van der Waals surface area (Å²) in [5, 5.41) is 9.96. The molecule has 168 valence electrons. The Hall–Kier alpha value is -2.75. The molecular formula is C19H28N6O5Si. The van der Waals surface area contributed by atoms with E-state index < -0.39 is 37.8 Å². The molecule has 3 rings (SSSR count). The first-order valence-electron chi connectivity index (χ1n) is 9.92. The fourth-order valence-electron chi connectivity index (χ4n) is 3.21. The van der Waals surface area contributed by atoms with Crippen molar-refractivity contribution in [3.63, 3.8) is 0 Å². The SMILES string of the molecule is CC(=O)OC[C@@]1(C#N)O[C@@H](n2cnc3c(=O)[nH]c(N)nc32)C[C@@H]1O[Si](C)(C)C(C)(C)C. The highest BCUT2D eigenvalue weighted by atomic mass is 28.4. The van der Waals surface area contributed by atoms with Gasteiger partial charge in [-0.15, -0.1) is 0 Å². The standard InChI is InChI=1S/C19H28N6O5Si/c1-11(26)28-9-19(8-20)12(30-31(5,6)18(2,3)4)7-13(29-19)25-10-22-14-15(25)23-17(21)24-16(14)27/h10,12-13H,7,9H2,1-6H3,(H3,21,23,24,27)/t12-,13+,19+/m0/s1. The summed E-state index contributed by atoms with van der Waals surface area (Å²) in [6.45, 7) is 11.4. The van der Waals surface area contributed by atoms with Crippen molar-refractivity contribution < 1.29 is 18.7 Å². The molecule has 3 N–H and O–H groups in total. The molecule has 0 radical (unpaired) electrons. The Morgan fingerprint density at radius 3 is 2.77 bits per heavy atom. The molecule has 12 heteroatoms. The predicted molar refractivity (Wildman–Crippen MR) is 114 cm³/mol. The highest BCUT2D eigenvalue weighted by Crippen LogP contribution is 2.45. The number of esters is 1. The number of carbonyl (C=O) groups excluding carboxylic acids is 1. The third kappa shape index (κ3) is 4.21. The summed E-state index contributed by atoms with van der Waals surface area (Å²) >= 11 is 0. The van der Waals surface area contributed by atoms with Crippen molar-refractivity contribution in [2.45, 2.75) is 70.2 Å². The first kappa shape index (κ1) is 22.9. The van der Waals surface area contributed by atoms with Crippen LogP contribution in [0.15, 0.2) is 11.1 Å². The summed E-state index contributed by atoms with van der Waals surface area (Å²) in [7, 11) is -2.30. The van der Waals surface area contributed by atoms with Gasteiger partial charge >= 0.3 is 5.97 Å². The van der Waals surface area contributed by atoms with Gasteiger partial charge in [-0.05, 0) is 18.1 Å². The van der Waals surface area contributed by atoms with Crippen molar-refractivity contribution in [3.05, 3.63) is 16.7 Å². The molecule has 0 bridgehead atoms. The number of hydrogen-bond acceptors (Lipinski definition) is 9. The van der Waals surface area contributed by atoms with E-state index >= 15 is 0 Å². The number of fused-ring (bicyclic) bond motifs is 1. The molecule has 3 atom stereocenters. The van der Waals surface area contributed by atoms with Crippen molar-refractivity contribution in [3.8, 4) is 6.07 Å². The highest BCUT2D eigenvalue weighted by Gasteiger charge is 2.55. The van der Waals surface area contributed by atoms with Crippen molar-refractivity contribution in [2.75, 3.05) is 12.3 Å².